The first kappa shape index (κ1) is 14.2. The molecule has 0 N–H and O–H groups in total. The smallest absolute Gasteiger partial charge is 0.161 e. The summed E-state index contributed by atoms with van der Waals surface area (Å²) in [6, 6.07) is 5.80. The number of Topliss-reactive ketones (excluding diaryl/α,β-unsaturated/α-hetero) is 1. The summed E-state index contributed by atoms with van der Waals surface area (Å²) in [4.78, 5) is 13.8. The van der Waals surface area contributed by atoms with Crippen molar-refractivity contribution in [2.45, 2.75) is 13.8 Å². The molecule has 0 heterocycles. The van der Waals surface area contributed by atoms with E-state index in [4.69, 9.17) is 4.74 Å². The van der Waals surface area contributed by atoms with Gasteiger partial charge in [0.2, 0.25) is 0 Å². The molecule has 0 aliphatic carbocycles. The molecule has 0 radical (unpaired) electrons. The van der Waals surface area contributed by atoms with Crippen LogP contribution in [-0.4, -0.2) is 32.6 Å². The number of carbonyl (C=O) groups is 1. The van der Waals surface area contributed by atoms with Crippen LogP contribution in [0.3, 0.4) is 0 Å². The second kappa shape index (κ2) is 6.77. The van der Waals surface area contributed by atoms with Gasteiger partial charge < -0.3 is 9.64 Å². The molecule has 0 aromatic heterocycles. The standard InChI is InChI=1S/C13H18BrNO2/c1-4-15(7-8-17-3)13-6-5-11(14)9-12(13)10(2)16/h5-6,9H,4,7-8H2,1-3H3. The van der Waals surface area contributed by atoms with E-state index in [0.29, 0.717) is 6.61 Å². The van der Waals surface area contributed by atoms with Gasteiger partial charge in [-0.3, -0.25) is 4.79 Å². The number of ketones is 1. The second-order valence-electron chi connectivity index (χ2n) is 3.79. The summed E-state index contributed by atoms with van der Waals surface area (Å²) in [6.07, 6.45) is 0. The first-order chi connectivity index (χ1) is 8.10. The topological polar surface area (TPSA) is 29.5 Å². The van der Waals surface area contributed by atoms with Crippen LogP contribution in [0.4, 0.5) is 5.69 Å². The van der Waals surface area contributed by atoms with E-state index in [9.17, 15) is 4.79 Å². The van der Waals surface area contributed by atoms with Gasteiger partial charge in [-0.15, -0.1) is 0 Å². The maximum atomic E-state index is 11.6. The van der Waals surface area contributed by atoms with Gasteiger partial charge in [-0.25, -0.2) is 0 Å². The van der Waals surface area contributed by atoms with Crippen LogP contribution in [0, 0.1) is 0 Å². The molecule has 0 aliphatic rings. The Morgan fingerprint density at radius 2 is 2.18 bits per heavy atom. The first-order valence-corrected chi connectivity index (χ1v) is 6.43. The number of methoxy groups -OCH3 is 1. The van der Waals surface area contributed by atoms with Crippen molar-refractivity contribution in [2.75, 3.05) is 31.7 Å². The fraction of sp³-hybridized carbons (Fsp3) is 0.462. The van der Waals surface area contributed by atoms with Gasteiger partial charge in [0, 0.05) is 35.9 Å². The van der Waals surface area contributed by atoms with Gasteiger partial charge in [-0.05, 0) is 32.0 Å². The minimum absolute atomic E-state index is 0.0807. The molecule has 17 heavy (non-hydrogen) atoms. The third kappa shape index (κ3) is 3.82. The number of carbonyl (C=O) groups excluding carboxylic acids is 1. The molecule has 0 unspecified atom stereocenters. The molecular weight excluding hydrogens is 282 g/mol. The third-order valence-corrected chi connectivity index (χ3v) is 3.12. The molecule has 1 rings (SSSR count). The Balaban J connectivity index is 3.05. The molecule has 1 aromatic rings. The summed E-state index contributed by atoms with van der Waals surface area (Å²) in [6.45, 7) is 5.96. The van der Waals surface area contributed by atoms with Crippen molar-refractivity contribution in [3.63, 3.8) is 0 Å². The number of nitrogens with zero attached hydrogens (tertiary/aromatic N) is 1. The summed E-state index contributed by atoms with van der Waals surface area (Å²) in [5.41, 5.74) is 1.72. The summed E-state index contributed by atoms with van der Waals surface area (Å²) in [5, 5.41) is 0. The second-order valence-corrected chi connectivity index (χ2v) is 4.71. The lowest BCUT2D eigenvalue weighted by atomic mass is 10.1. The van der Waals surface area contributed by atoms with E-state index < -0.39 is 0 Å². The highest BCUT2D eigenvalue weighted by Crippen LogP contribution is 2.25. The number of likely N-dealkylation sites (N-methyl/N-ethyl adjacent to an activating group) is 1. The Bertz CT molecular complexity index is 393. The summed E-state index contributed by atoms with van der Waals surface area (Å²) in [7, 11) is 1.68. The molecule has 0 fully saturated rings. The third-order valence-electron chi connectivity index (χ3n) is 2.63. The molecule has 0 aliphatic heterocycles. The van der Waals surface area contributed by atoms with Crippen molar-refractivity contribution < 1.29 is 9.53 Å². The molecule has 94 valence electrons. The van der Waals surface area contributed by atoms with Crippen molar-refractivity contribution >= 4 is 27.4 Å². The largest absolute Gasteiger partial charge is 0.383 e. The number of rotatable bonds is 6. The van der Waals surface area contributed by atoms with Crippen LogP contribution in [-0.2, 0) is 4.74 Å². The molecule has 0 bridgehead atoms. The molecule has 0 atom stereocenters. The minimum atomic E-state index is 0.0807. The zero-order chi connectivity index (χ0) is 12.8. The van der Waals surface area contributed by atoms with Crippen LogP contribution < -0.4 is 4.90 Å². The first-order valence-electron chi connectivity index (χ1n) is 5.64. The molecule has 0 saturated heterocycles. The molecule has 4 heteroatoms. The quantitative estimate of drug-likeness (QED) is 0.756. The zero-order valence-electron chi connectivity index (χ0n) is 10.5. The van der Waals surface area contributed by atoms with Crippen LogP contribution in [0.5, 0.6) is 0 Å². The highest BCUT2D eigenvalue weighted by Gasteiger charge is 2.13. The lowest BCUT2D eigenvalue weighted by molar-refractivity contribution is 0.101. The Kier molecular flexibility index (Phi) is 5.65. The predicted octanol–water partition coefficient (Wildman–Crippen LogP) is 3.12. The fourth-order valence-corrected chi connectivity index (χ4v) is 2.08. The van der Waals surface area contributed by atoms with Gasteiger partial charge in [0.25, 0.3) is 0 Å². The van der Waals surface area contributed by atoms with Gasteiger partial charge in [-0.2, -0.15) is 0 Å². The van der Waals surface area contributed by atoms with E-state index in [2.05, 4.69) is 27.8 Å². The predicted molar refractivity (Wildman–Crippen MR) is 73.9 cm³/mol. The monoisotopic (exact) mass is 299 g/mol. The van der Waals surface area contributed by atoms with E-state index in [0.717, 1.165) is 28.8 Å². The minimum Gasteiger partial charge on any atom is -0.383 e. The Labute approximate surface area is 111 Å². The van der Waals surface area contributed by atoms with Crippen molar-refractivity contribution in [1.29, 1.82) is 0 Å². The summed E-state index contributed by atoms with van der Waals surface area (Å²) < 4.78 is 6.01. The van der Waals surface area contributed by atoms with Crippen molar-refractivity contribution in [3.05, 3.63) is 28.2 Å². The number of halogens is 1. The van der Waals surface area contributed by atoms with Crippen LogP contribution in [0.1, 0.15) is 24.2 Å². The average Bonchev–Trinajstić information content (AvgIpc) is 2.31. The van der Waals surface area contributed by atoms with Gasteiger partial charge in [0.15, 0.2) is 5.78 Å². The van der Waals surface area contributed by atoms with Crippen molar-refractivity contribution in [2.24, 2.45) is 0 Å². The van der Waals surface area contributed by atoms with Gasteiger partial charge >= 0.3 is 0 Å². The van der Waals surface area contributed by atoms with Crippen LogP contribution in [0.25, 0.3) is 0 Å². The van der Waals surface area contributed by atoms with Crippen molar-refractivity contribution in [1.82, 2.24) is 0 Å². The molecular formula is C13H18BrNO2. The Hall–Kier alpha value is -0.870. The molecule has 0 spiro atoms. The molecule has 3 nitrogen and oxygen atoms in total. The molecule has 0 saturated carbocycles. The highest BCUT2D eigenvalue weighted by molar-refractivity contribution is 9.10. The number of anilines is 1. The van der Waals surface area contributed by atoms with E-state index in [-0.39, 0.29) is 5.78 Å². The lowest BCUT2D eigenvalue weighted by Crippen LogP contribution is -2.28. The molecule has 1 aromatic carbocycles. The SMILES string of the molecule is CCN(CCOC)c1ccc(Br)cc1C(C)=O. The number of hydrogen-bond donors (Lipinski definition) is 0. The molecule has 0 amide bonds. The average molecular weight is 300 g/mol. The summed E-state index contributed by atoms with van der Waals surface area (Å²) in [5.74, 6) is 0.0807. The van der Waals surface area contributed by atoms with E-state index in [1.807, 2.05) is 18.2 Å². The Morgan fingerprint density at radius 1 is 1.47 bits per heavy atom. The maximum absolute atomic E-state index is 11.6. The zero-order valence-corrected chi connectivity index (χ0v) is 12.1. The number of hydrogen-bond acceptors (Lipinski definition) is 3. The van der Waals surface area contributed by atoms with Gasteiger partial charge in [-0.1, -0.05) is 15.9 Å². The number of ether oxygens (including phenoxy) is 1. The van der Waals surface area contributed by atoms with Crippen molar-refractivity contribution in [3.8, 4) is 0 Å². The lowest BCUT2D eigenvalue weighted by Gasteiger charge is -2.24. The Morgan fingerprint density at radius 3 is 2.71 bits per heavy atom. The van der Waals surface area contributed by atoms with Crippen LogP contribution in [0.15, 0.2) is 22.7 Å². The maximum Gasteiger partial charge on any atom is 0.161 e. The normalized spacial score (nSPS) is 10.4. The van der Waals surface area contributed by atoms with Gasteiger partial charge in [0.1, 0.15) is 0 Å². The van der Waals surface area contributed by atoms with E-state index in [1.165, 1.54) is 0 Å². The van der Waals surface area contributed by atoms with Crippen LogP contribution >= 0.6 is 15.9 Å². The number of benzene rings is 1. The fourth-order valence-electron chi connectivity index (χ4n) is 1.72. The van der Waals surface area contributed by atoms with Gasteiger partial charge in [0.05, 0.1) is 6.61 Å². The van der Waals surface area contributed by atoms with Crippen LogP contribution in [0.2, 0.25) is 0 Å². The highest BCUT2D eigenvalue weighted by atomic mass is 79.9. The van der Waals surface area contributed by atoms with E-state index in [1.54, 1.807) is 14.0 Å². The van der Waals surface area contributed by atoms with E-state index >= 15 is 0 Å². The summed E-state index contributed by atoms with van der Waals surface area (Å²) >= 11 is 3.39.